The first-order chi connectivity index (χ1) is 14.0. The smallest absolute Gasteiger partial charge is 0.175 e. The van der Waals surface area contributed by atoms with Crippen LogP contribution < -0.4 is 9.47 Å². The quantitative estimate of drug-likeness (QED) is 0.350. The maximum atomic E-state index is 14.0. The third-order valence-electron chi connectivity index (χ3n) is 4.56. The standard InChI is InChI=1S/C22H17BrClFN2O2/c1-12-6-7-18-19(8-12)27-22(26-18)13-9-15(23)21(20(10-13)28-2)29-11-14-16(24)4-3-5-17(14)25/h3-10H,11H2,1-2H3,(H,26,27). The molecule has 1 heterocycles. The summed E-state index contributed by atoms with van der Waals surface area (Å²) in [5.74, 6) is 1.26. The Morgan fingerprint density at radius 1 is 1.17 bits per heavy atom. The molecule has 0 aliphatic rings. The average molecular weight is 476 g/mol. The Morgan fingerprint density at radius 3 is 2.76 bits per heavy atom. The lowest BCUT2D eigenvalue weighted by molar-refractivity contribution is 0.278. The van der Waals surface area contributed by atoms with E-state index in [0.29, 0.717) is 32.4 Å². The van der Waals surface area contributed by atoms with Gasteiger partial charge in [-0.1, -0.05) is 23.7 Å². The van der Waals surface area contributed by atoms with E-state index in [1.807, 2.05) is 37.3 Å². The van der Waals surface area contributed by atoms with Crippen molar-refractivity contribution >= 4 is 38.6 Å². The van der Waals surface area contributed by atoms with Gasteiger partial charge in [0.2, 0.25) is 0 Å². The minimum Gasteiger partial charge on any atom is -0.493 e. The topological polar surface area (TPSA) is 47.1 Å². The zero-order valence-electron chi connectivity index (χ0n) is 15.7. The van der Waals surface area contributed by atoms with Crippen LogP contribution in [0.15, 0.2) is 53.0 Å². The molecule has 0 aliphatic heterocycles. The number of rotatable bonds is 5. The molecule has 0 spiro atoms. The molecule has 0 atom stereocenters. The highest BCUT2D eigenvalue weighted by Crippen LogP contribution is 2.40. The Bertz CT molecular complexity index is 1190. The summed E-state index contributed by atoms with van der Waals surface area (Å²) in [5, 5.41) is 0.314. The Hall–Kier alpha value is -2.57. The van der Waals surface area contributed by atoms with Crippen LogP contribution in [0.2, 0.25) is 5.02 Å². The fraction of sp³-hybridized carbons (Fsp3) is 0.136. The summed E-state index contributed by atoms with van der Waals surface area (Å²) < 4.78 is 26.0. The van der Waals surface area contributed by atoms with Crippen molar-refractivity contribution in [1.29, 1.82) is 0 Å². The highest BCUT2D eigenvalue weighted by molar-refractivity contribution is 9.10. The van der Waals surface area contributed by atoms with Crippen LogP contribution in [0, 0.1) is 12.7 Å². The number of aromatic nitrogens is 2. The minimum absolute atomic E-state index is 0.0241. The zero-order valence-corrected chi connectivity index (χ0v) is 18.1. The van der Waals surface area contributed by atoms with Crippen LogP contribution in [0.3, 0.4) is 0 Å². The molecular formula is C22H17BrClFN2O2. The Labute approximate surface area is 180 Å². The second kappa shape index (κ2) is 8.05. The molecule has 4 rings (SSSR count). The van der Waals surface area contributed by atoms with E-state index in [4.69, 9.17) is 21.1 Å². The van der Waals surface area contributed by atoms with Crippen molar-refractivity contribution in [2.75, 3.05) is 7.11 Å². The third-order valence-corrected chi connectivity index (χ3v) is 5.51. The first-order valence-electron chi connectivity index (χ1n) is 8.86. The summed E-state index contributed by atoms with van der Waals surface area (Å²) in [7, 11) is 1.55. The van der Waals surface area contributed by atoms with Gasteiger partial charge in [0.15, 0.2) is 11.5 Å². The second-order valence-electron chi connectivity index (χ2n) is 6.58. The fourth-order valence-electron chi connectivity index (χ4n) is 3.07. The van der Waals surface area contributed by atoms with Crippen LogP contribution in [-0.2, 0) is 6.61 Å². The van der Waals surface area contributed by atoms with E-state index in [9.17, 15) is 4.39 Å². The van der Waals surface area contributed by atoms with Crippen molar-refractivity contribution in [1.82, 2.24) is 9.97 Å². The average Bonchev–Trinajstić information content (AvgIpc) is 3.11. The van der Waals surface area contributed by atoms with Crippen molar-refractivity contribution in [2.45, 2.75) is 13.5 Å². The molecule has 148 valence electrons. The molecule has 3 aromatic carbocycles. The van der Waals surface area contributed by atoms with Gasteiger partial charge < -0.3 is 14.5 Å². The molecule has 4 nitrogen and oxygen atoms in total. The normalized spacial score (nSPS) is 11.1. The molecule has 1 N–H and O–H groups in total. The number of aryl methyl sites for hydroxylation is 1. The monoisotopic (exact) mass is 474 g/mol. The number of H-pyrrole nitrogens is 1. The second-order valence-corrected chi connectivity index (χ2v) is 7.85. The molecular weight excluding hydrogens is 459 g/mol. The van der Waals surface area contributed by atoms with Gasteiger partial charge in [0, 0.05) is 11.1 Å². The molecule has 0 radical (unpaired) electrons. The predicted molar refractivity (Wildman–Crippen MR) is 116 cm³/mol. The molecule has 7 heteroatoms. The third kappa shape index (κ3) is 3.95. The van der Waals surface area contributed by atoms with E-state index < -0.39 is 5.82 Å². The summed E-state index contributed by atoms with van der Waals surface area (Å²) in [6.07, 6.45) is 0. The molecule has 4 aromatic rings. The number of imidazole rings is 1. The number of halogens is 3. The lowest BCUT2D eigenvalue weighted by atomic mass is 10.2. The van der Waals surface area contributed by atoms with Crippen LogP contribution in [0.4, 0.5) is 4.39 Å². The Balaban J connectivity index is 1.68. The van der Waals surface area contributed by atoms with Gasteiger partial charge >= 0.3 is 0 Å². The van der Waals surface area contributed by atoms with E-state index in [2.05, 4.69) is 25.9 Å². The molecule has 1 aromatic heterocycles. The number of fused-ring (bicyclic) bond motifs is 1. The van der Waals surface area contributed by atoms with Crippen LogP contribution in [0.5, 0.6) is 11.5 Å². The molecule has 0 aliphatic carbocycles. The van der Waals surface area contributed by atoms with Crippen molar-refractivity contribution in [3.05, 3.63) is 75.0 Å². The van der Waals surface area contributed by atoms with Gasteiger partial charge in [0.25, 0.3) is 0 Å². The minimum atomic E-state index is -0.415. The van der Waals surface area contributed by atoms with Crippen molar-refractivity contribution in [3.63, 3.8) is 0 Å². The van der Waals surface area contributed by atoms with Crippen LogP contribution >= 0.6 is 27.5 Å². The molecule has 0 amide bonds. The summed E-state index contributed by atoms with van der Waals surface area (Å²) in [6, 6.07) is 14.3. The van der Waals surface area contributed by atoms with Crippen molar-refractivity contribution < 1.29 is 13.9 Å². The number of benzene rings is 3. The maximum Gasteiger partial charge on any atom is 0.175 e. The van der Waals surface area contributed by atoms with Gasteiger partial charge in [0.1, 0.15) is 18.2 Å². The Morgan fingerprint density at radius 2 is 2.00 bits per heavy atom. The number of nitrogens with one attached hydrogen (secondary N) is 1. The number of nitrogens with zero attached hydrogens (tertiary/aromatic N) is 1. The molecule has 0 unspecified atom stereocenters. The number of methoxy groups -OCH3 is 1. The van der Waals surface area contributed by atoms with Gasteiger partial charge in [-0.3, -0.25) is 0 Å². The largest absolute Gasteiger partial charge is 0.493 e. The lowest BCUT2D eigenvalue weighted by Crippen LogP contribution is -2.02. The SMILES string of the molecule is COc1cc(-c2nc3ccc(C)cc3[nH]2)cc(Br)c1OCc1c(F)cccc1Cl. The van der Waals surface area contributed by atoms with Gasteiger partial charge in [-0.15, -0.1) is 0 Å². The summed E-state index contributed by atoms with van der Waals surface area (Å²) in [4.78, 5) is 7.98. The molecule has 0 bridgehead atoms. The number of hydrogen-bond acceptors (Lipinski definition) is 3. The fourth-order valence-corrected chi connectivity index (χ4v) is 3.85. The van der Waals surface area contributed by atoms with Crippen LogP contribution in [0.1, 0.15) is 11.1 Å². The Kier molecular flexibility index (Phi) is 5.48. The molecule has 0 fully saturated rings. The van der Waals surface area contributed by atoms with Gasteiger partial charge in [-0.2, -0.15) is 0 Å². The summed E-state index contributed by atoms with van der Waals surface area (Å²) in [5.41, 5.74) is 4.13. The molecule has 0 saturated carbocycles. The maximum absolute atomic E-state index is 14.0. The summed E-state index contributed by atoms with van der Waals surface area (Å²) in [6.45, 7) is 2.01. The van der Waals surface area contributed by atoms with Crippen LogP contribution in [0.25, 0.3) is 22.4 Å². The number of hydrogen-bond donors (Lipinski definition) is 1. The van der Waals surface area contributed by atoms with E-state index in [0.717, 1.165) is 22.2 Å². The first kappa shape index (κ1) is 19.7. The van der Waals surface area contributed by atoms with Crippen molar-refractivity contribution in [2.24, 2.45) is 0 Å². The van der Waals surface area contributed by atoms with E-state index in [1.54, 1.807) is 19.2 Å². The first-order valence-corrected chi connectivity index (χ1v) is 10.0. The van der Waals surface area contributed by atoms with Gasteiger partial charge in [0.05, 0.1) is 27.6 Å². The number of aromatic amines is 1. The van der Waals surface area contributed by atoms with Crippen LogP contribution in [-0.4, -0.2) is 17.1 Å². The predicted octanol–water partition coefficient (Wildman–Crippen LogP) is 6.68. The summed E-state index contributed by atoms with van der Waals surface area (Å²) >= 11 is 9.62. The van der Waals surface area contributed by atoms with Gasteiger partial charge in [-0.25, -0.2) is 9.37 Å². The highest BCUT2D eigenvalue weighted by Gasteiger charge is 2.16. The lowest BCUT2D eigenvalue weighted by Gasteiger charge is -2.15. The molecule has 0 saturated heterocycles. The van der Waals surface area contributed by atoms with E-state index in [-0.39, 0.29) is 6.61 Å². The highest BCUT2D eigenvalue weighted by atomic mass is 79.9. The number of ether oxygens (including phenoxy) is 2. The molecule has 29 heavy (non-hydrogen) atoms. The van der Waals surface area contributed by atoms with E-state index in [1.165, 1.54) is 6.07 Å². The van der Waals surface area contributed by atoms with Crippen molar-refractivity contribution in [3.8, 4) is 22.9 Å². The van der Waals surface area contributed by atoms with Gasteiger partial charge in [-0.05, 0) is 64.8 Å². The zero-order chi connectivity index (χ0) is 20.5. The van der Waals surface area contributed by atoms with E-state index >= 15 is 0 Å².